The van der Waals surface area contributed by atoms with E-state index in [1.165, 1.54) is 5.57 Å². The molecule has 0 unspecified atom stereocenters. The Morgan fingerprint density at radius 3 is 2.73 bits per heavy atom. The van der Waals surface area contributed by atoms with Crippen LogP contribution in [0.3, 0.4) is 0 Å². The van der Waals surface area contributed by atoms with Crippen molar-refractivity contribution >= 4 is 11.8 Å². The Hall–Kier alpha value is -1.50. The van der Waals surface area contributed by atoms with Crippen LogP contribution in [0.1, 0.15) is 51.9 Å². The summed E-state index contributed by atoms with van der Waals surface area (Å²) in [5.74, 6) is -0.662. The maximum atomic E-state index is 12.3. The van der Waals surface area contributed by atoms with Gasteiger partial charge in [0.05, 0.1) is 12.2 Å². The minimum atomic E-state index is -0.843. The second kappa shape index (κ2) is 5.84. The summed E-state index contributed by atoms with van der Waals surface area (Å²) in [5, 5.41) is 12.3. The summed E-state index contributed by atoms with van der Waals surface area (Å²) in [6.07, 6.45) is 8.63. The first kappa shape index (κ1) is 19.2. The first-order chi connectivity index (χ1) is 14.3. The van der Waals surface area contributed by atoms with Crippen molar-refractivity contribution < 1.29 is 28.9 Å². The number of rotatable bonds is 2. The summed E-state index contributed by atoms with van der Waals surface area (Å²) >= 11 is 0. The van der Waals surface area contributed by atoms with Crippen molar-refractivity contribution in [1.82, 2.24) is 0 Å². The molecule has 6 nitrogen and oxygen atoms in total. The van der Waals surface area contributed by atoms with Crippen LogP contribution in [0.2, 0.25) is 0 Å². The molecule has 6 heteroatoms. The summed E-state index contributed by atoms with van der Waals surface area (Å²) in [6, 6.07) is 0. The van der Waals surface area contributed by atoms with Gasteiger partial charge in [-0.15, -0.1) is 0 Å². The molecule has 6 aliphatic rings. The van der Waals surface area contributed by atoms with Gasteiger partial charge in [-0.05, 0) is 55.6 Å². The average Bonchev–Trinajstić information content (AvgIpc) is 3.36. The van der Waals surface area contributed by atoms with Crippen molar-refractivity contribution in [3.63, 3.8) is 0 Å². The van der Waals surface area contributed by atoms with Crippen LogP contribution in [0.15, 0.2) is 23.3 Å². The molecule has 0 bridgehead atoms. The number of aliphatic hydroxyl groups is 1. The van der Waals surface area contributed by atoms with Gasteiger partial charge < -0.3 is 19.3 Å². The number of esters is 1. The van der Waals surface area contributed by atoms with Crippen molar-refractivity contribution in [2.75, 3.05) is 20.3 Å². The second-order valence-corrected chi connectivity index (χ2v) is 10.7. The molecule has 0 aromatic heterocycles. The molecule has 0 aromatic rings. The summed E-state index contributed by atoms with van der Waals surface area (Å²) in [5.41, 5.74) is 0.702. The number of carbonyl (C=O) groups excluding carboxylic acids is 2. The largest absolute Gasteiger partial charge is 0.458 e. The van der Waals surface area contributed by atoms with Gasteiger partial charge in [-0.25, -0.2) is 4.79 Å². The fraction of sp³-hybridized carbons (Fsp3) is 0.750. The zero-order chi connectivity index (χ0) is 20.9. The van der Waals surface area contributed by atoms with Crippen LogP contribution in [0.4, 0.5) is 0 Å². The van der Waals surface area contributed by atoms with E-state index in [1.54, 1.807) is 13.2 Å². The smallest absolute Gasteiger partial charge is 0.331 e. The molecule has 4 fully saturated rings. The molecule has 6 rings (SSSR count). The summed E-state index contributed by atoms with van der Waals surface area (Å²) < 4.78 is 18.0. The van der Waals surface area contributed by atoms with E-state index in [1.807, 2.05) is 6.08 Å². The van der Waals surface area contributed by atoms with E-state index in [2.05, 4.69) is 6.92 Å². The van der Waals surface area contributed by atoms with E-state index in [0.717, 1.165) is 31.3 Å². The highest BCUT2D eigenvalue weighted by molar-refractivity contribution is 5.91. The molecule has 4 aliphatic carbocycles. The van der Waals surface area contributed by atoms with Crippen LogP contribution in [-0.2, 0) is 23.8 Å². The molecule has 2 heterocycles. The highest BCUT2D eigenvalue weighted by Crippen LogP contribution is 2.74. The van der Waals surface area contributed by atoms with Crippen LogP contribution >= 0.6 is 0 Å². The van der Waals surface area contributed by atoms with Crippen molar-refractivity contribution in [3.8, 4) is 0 Å². The molecular formula is C24H30O6. The van der Waals surface area contributed by atoms with Gasteiger partial charge in [-0.3, -0.25) is 4.79 Å². The Bertz CT molecular complexity index is 905. The molecule has 0 amide bonds. The zero-order valence-electron chi connectivity index (χ0n) is 17.7. The highest BCUT2D eigenvalue weighted by atomic mass is 16.7. The van der Waals surface area contributed by atoms with Crippen molar-refractivity contribution in [1.29, 1.82) is 0 Å². The Balaban J connectivity index is 1.48. The highest BCUT2D eigenvalue weighted by Gasteiger charge is 2.77. The normalized spacial score (nSPS) is 51.6. The van der Waals surface area contributed by atoms with Gasteiger partial charge >= 0.3 is 5.97 Å². The number of cyclic esters (lactones) is 1. The SMILES string of the molecule is CO[C@@]12C[C@]3(C)[C@@H](C4=CC(=O)OC4)CC[C@@]3(O)[C@@H]3CCC4=CC(=O)CC[C@]4(CO1)[C@H]32. The fourth-order valence-corrected chi connectivity index (χ4v) is 8.56. The molecule has 30 heavy (non-hydrogen) atoms. The van der Waals surface area contributed by atoms with Crippen LogP contribution < -0.4 is 0 Å². The predicted octanol–water partition coefficient (Wildman–Crippen LogP) is 2.70. The zero-order valence-corrected chi connectivity index (χ0v) is 17.7. The van der Waals surface area contributed by atoms with Gasteiger partial charge in [0, 0.05) is 42.8 Å². The van der Waals surface area contributed by atoms with E-state index >= 15 is 0 Å². The van der Waals surface area contributed by atoms with Gasteiger partial charge in [0.1, 0.15) is 6.61 Å². The summed E-state index contributed by atoms with van der Waals surface area (Å²) in [4.78, 5) is 23.9. The lowest BCUT2D eigenvalue weighted by atomic mass is 9.44. The monoisotopic (exact) mass is 414 g/mol. The minimum Gasteiger partial charge on any atom is -0.458 e. The summed E-state index contributed by atoms with van der Waals surface area (Å²) in [7, 11) is 1.72. The van der Waals surface area contributed by atoms with E-state index in [9.17, 15) is 14.7 Å². The molecule has 1 spiro atoms. The van der Waals surface area contributed by atoms with E-state index in [0.29, 0.717) is 32.5 Å². The standard InChI is InChI=1S/C24H30O6/c1-21-12-24(28-2)20-18(4-3-15-10-16(25)5-7-22(15,20)13-30-24)23(21,27)8-6-17(21)14-9-19(26)29-11-14/h9-10,17-18,20,27H,3-8,11-13H2,1-2H3/t17-,18-,20+,21-,22-,23-,24+/m1/s1. The Morgan fingerprint density at radius 2 is 2.00 bits per heavy atom. The average molecular weight is 414 g/mol. The lowest BCUT2D eigenvalue weighted by molar-refractivity contribution is -0.309. The maximum absolute atomic E-state index is 12.3. The molecule has 1 saturated heterocycles. The quantitative estimate of drug-likeness (QED) is 0.700. The molecular weight excluding hydrogens is 384 g/mol. The second-order valence-electron chi connectivity index (χ2n) is 10.7. The van der Waals surface area contributed by atoms with Crippen molar-refractivity contribution in [2.24, 2.45) is 28.6 Å². The number of hydrogen-bond acceptors (Lipinski definition) is 6. The molecule has 0 aromatic carbocycles. The molecule has 162 valence electrons. The van der Waals surface area contributed by atoms with E-state index < -0.39 is 16.8 Å². The molecule has 1 N–H and O–H groups in total. The topological polar surface area (TPSA) is 82.1 Å². The van der Waals surface area contributed by atoms with Crippen molar-refractivity contribution in [3.05, 3.63) is 23.3 Å². The first-order valence-electron chi connectivity index (χ1n) is 11.3. The lowest BCUT2D eigenvalue weighted by Crippen LogP contribution is -2.68. The van der Waals surface area contributed by atoms with Crippen molar-refractivity contribution in [2.45, 2.75) is 63.3 Å². The van der Waals surface area contributed by atoms with E-state index in [-0.39, 0.29) is 34.9 Å². The molecule has 0 radical (unpaired) electrons. The lowest BCUT2D eigenvalue weighted by Gasteiger charge is -2.63. The molecule has 7 atom stereocenters. The van der Waals surface area contributed by atoms with Gasteiger partial charge in [0.15, 0.2) is 11.6 Å². The fourth-order valence-electron chi connectivity index (χ4n) is 8.56. The van der Waals surface area contributed by atoms with Gasteiger partial charge in [-0.1, -0.05) is 12.5 Å². The summed E-state index contributed by atoms with van der Waals surface area (Å²) in [6.45, 7) is 3.04. The van der Waals surface area contributed by atoms with E-state index in [4.69, 9.17) is 14.2 Å². The van der Waals surface area contributed by atoms with Crippen LogP contribution in [0.5, 0.6) is 0 Å². The Kier molecular flexibility index (Phi) is 3.74. The Labute approximate surface area is 176 Å². The van der Waals surface area contributed by atoms with Gasteiger partial charge in [0.2, 0.25) is 0 Å². The minimum absolute atomic E-state index is 0.0488. The van der Waals surface area contributed by atoms with Crippen LogP contribution in [0.25, 0.3) is 0 Å². The number of ether oxygens (including phenoxy) is 3. The van der Waals surface area contributed by atoms with Gasteiger partial charge in [-0.2, -0.15) is 0 Å². The number of hydrogen-bond donors (Lipinski definition) is 1. The molecule has 2 aliphatic heterocycles. The number of ketones is 1. The first-order valence-corrected chi connectivity index (χ1v) is 11.3. The number of carbonyl (C=O) groups is 2. The number of fused-ring (bicyclic) bond motifs is 2. The Morgan fingerprint density at radius 1 is 1.17 bits per heavy atom. The van der Waals surface area contributed by atoms with Crippen LogP contribution in [0, 0.1) is 28.6 Å². The third-order valence-corrected chi connectivity index (χ3v) is 9.84. The predicted molar refractivity (Wildman–Crippen MR) is 106 cm³/mol. The number of methoxy groups -OCH3 is 1. The van der Waals surface area contributed by atoms with Crippen LogP contribution in [-0.4, -0.2) is 48.6 Å². The maximum Gasteiger partial charge on any atom is 0.331 e. The third-order valence-electron chi connectivity index (χ3n) is 9.84. The molecule has 3 saturated carbocycles. The third kappa shape index (κ3) is 2.06. The van der Waals surface area contributed by atoms with Gasteiger partial charge in [0.25, 0.3) is 0 Å².